The fourth-order valence-corrected chi connectivity index (χ4v) is 13.5. The molecule has 4 aromatic carbocycles. The number of piperazine rings is 2. The molecule has 4 aromatic heterocycles. The number of anilines is 2. The molecular weight excluding hydrogens is 1160 g/mol. The number of pyridine rings is 2. The Morgan fingerprint density at radius 1 is 0.713 bits per heavy atom. The molecule has 448 valence electrons. The van der Waals surface area contributed by atoms with Gasteiger partial charge >= 0.3 is 18.2 Å². The minimum atomic E-state index is -4.67. The number of rotatable bonds is 15. The Labute approximate surface area is 510 Å². The van der Waals surface area contributed by atoms with E-state index in [4.69, 9.17) is 69.0 Å². The summed E-state index contributed by atoms with van der Waals surface area (Å²) in [6.07, 6.45) is 7.65. The van der Waals surface area contributed by atoms with E-state index in [1.165, 1.54) is 6.08 Å². The smallest absolute Gasteiger partial charge is 0.391 e. The number of ether oxygens (including phenoxy) is 2. The van der Waals surface area contributed by atoms with E-state index in [0.717, 1.165) is 68.1 Å². The van der Waals surface area contributed by atoms with Crippen molar-refractivity contribution in [1.29, 1.82) is 0 Å². The number of nitrogens with zero attached hydrogens (tertiary/aromatic N) is 12. The maximum absolute atomic E-state index is 14.3. The van der Waals surface area contributed by atoms with Crippen molar-refractivity contribution < 1.29 is 36.6 Å². The monoisotopic (exact) mass is 1220 g/mol. The van der Waals surface area contributed by atoms with E-state index in [9.17, 15) is 27.2 Å². The van der Waals surface area contributed by atoms with E-state index in [1.54, 1.807) is 16.0 Å². The Hall–Kier alpha value is -8.22. The Kier molecular flexibility index (Phi) is 16.7. The summed E-state index contributed by atoms with van der Waals surface area (Å²) >= 11 is 13.9. The Bertz CT molecular complexity index is 4070. The van der Waals surface area contributed by atoms with Crippen molar-refractivity contribution in [2.75, 3.05) is 89.5 Å². The van der Waals surface area contributed by atoms with Crippen LogP contribution in [0.4, 0.5) is 29.2 Å². The maximum Gasteiger partial charge on any atom is 0.391 e. The maximum atomic E-state index is 14.3. The quantitative estimate of drug-likeness (QED) is 0.0544. The summed E-state index contributed by atoms with van der Waals surface area (Å²) in [5.41, 5.74) is 5.97. The number of likely N-dealkylation sites (N-methyl/N-ethyl adjacent to an activating group) is 2. The molecule has 5 atom stereocenters. The molecule has 4 aliphatic heterocycles. The molecule has 0 radical (unpaired) electrons. The number of halogens is 6. The number of aromatic nitrogens is 6. The summed E-state index contributed by atoms with van der Waals surface area (Å²) in [7, 11) is 4.12. The molecule has 4 aliphatic rings. The van der Waals surface area contributed by atoms with Crippen LogP contribution in [0.2, 0.25) is 10.0 Å². The van der Waals surface area contributed by atoms with Gasteiger partial charge in [0.15, 0.2) is 17.5 Å². The first-order chi connectivity index (χ1) is 41.9. The van der Waals surface area contributed by atoms with Gasteiger partial charge in [-0.2, -0.15) is 33.1 Å². The second-order valence-electron chi connectivity index (χ2n) is 22.9. The molecule has 0 bridgehead atoms. The van der Waals surface area contributed by atoms with Crippen LogP contribution in [-0.2, 0) is 9.59 Å². The lowest BCUT2D eigenvalue weighted by Crippen LogP contribution is -2.56. The third kappa shape index (κ3) is 12.1. The van der Waals surface area contributed by atoms with E-state index in [-0.39, 0.29) is 74.0 Å². The highest BCUT2D eigenvalue weighted by Gasteiger charge is 2.41. The fourth-order valence-electron chi connectivity index (χ4n) is 13.0. The molecular formula is C65H62Cl2F4N12O4. The van der Waals surface area contributed by atoms with Crippen molar-refractivity contribution in [3.05, 3.63) is 132 Å². The van der Waals surface area contributed by atoms with Crippen LogP contribution in [0.15, 0.2) is 116 Å². The Balaban J connectivity index is 0.861. The van der Waals surface area contributed by atoms with Crippen molar-refractivity contribution in [1.82, 2.24) is 49.5 Å². The molecule has 12 rings (SSSR count). The number of benzene rings is 4. The number of alkyl halides is 3. The number of fused-ring (bicyclic) bond motifs is 4. The molecule has 4 saturated heterocycles. The number of hydrogen-bond acceptors (Lipinski definition) is 14. The molecule has 4 fully saturated rings. The lowest BCUT2D eigenvalue weighted by molar-refractivity contribution is -0.154. The van der Waals surface area contributed by atoms with Crippen LogP contribution in [0.3, 0.4) is 0 Å². The van der Waals surface area contributed by atoms with Crippen molar-refractivity contribution in [3.63, 3.8) is 0 Å². The molecule has 0 saturated carbocycles. The number of terminal acetylenes is 1. The SMILES string of the molecule is C#CCC1CN(c2nc(OC[C@@H]3CCCN3C)nc3cc(-c4cc(C5CC(COc6nc(N7CCN(C(=O)C(=C)F)C(CC(F)(F)F)C7)c7ncc(-c8cccc9cccc(Cl)c89)cc7n6)N(C)C5)cc5cccc(Cl)c45)cnc23)CCN1C(=O)C=C. The zero-order chi connectivity index (χ0) is 60.8. The molecule has 8 aromatic rings. The van der Waals surface area contributed by atoms with Gasteiger partial charge in [0.25, 0.3) is 5.91 Å². The predicted molar refractivity (Wildman–Crippen MR) is 331 cm³/mol. The van der Waals surface area contributed by atoms with Gasteiger partial charge in [0.05, 0.1) is 29.5 Å². The molecule has 16 nitrogen and oxygen atoms in total. The van der Waals surface area contributed by atoms with Gasteiger partial charge < -0.3 is 34.0 Å². The van der Waals surface area contributed by atoms with Crippen LogP contribution in [0.25, 0.3) is 65.9 Å². The number of carbonyl (C=O) groups excluding carboxylic acids is 2. The van der Waals surface area contributed by atoms with Gasteiger partial charge in [-0.1, -0.05) is 91.0 Å². The molecule has 8 heterocycles. The van der Waals surface area contributed by atoms with Crippen LogP contribution in [0.1, 0.15) is 43.6 Å². The van der Waals surface area contributed by atoms with E-state index in [2.05, 4.69) is 53.0 Å². The number of amides is 2. The first kappa shape index (κ1) is 59.1. The van der Waals surface area contributed by atoms with Gasteiger partial charge in [-0.3, -0.25) is 24.5 Å². The standard InChI is InChI=1S/C65H62Cl2F4N12O4/c1-6-12-45-34-80(21-23-82(45)55(84)7-2)60-59-54(75-63(76-60)86-36-46-16-11-20-78(46)4)29-43(32-73-59)50-27-41(25-40-15-10-19-52(67)57(40)50)44-26-47(79(5)33-44)37-87-64-74-53-28-42(49-17-8-13-39-14-9-18-51(66)56(39)49)31-72-58(53)61(77-64)81-22-24-83(62(85)38(3)68)48(35-81)30-65(69,70)71/h1,7-10,13-15,17-19,25,27-29,31-32,44-48H,2-3,11-12,16,20-24,26,30,33-37H2,4-5H3/t44?,45?,46-,47?,48?/m0/s1. The minimum Gasteiger partial charge on any atom is -0.462 e. The third-order valence-electron chi connectivity index (χ3n) is 17.4. The van der Waals surface area contributed by atoms with Crippen molar-refractivity contribution in [2.45, 2.75) is 68.4 Å². The molecule has 0 N–H and O–H groups in total. The third-order valence-corrected chi connectivity index (χ3v) is 18.0. The van der Waals surface area contributed by atoms with Crippen LogP contribution in [0, 0.1) is 12.3 Å². The zero-order valence-corrected chi connectivity index (χ0v) is 49.5. The molecule has 4 unspecified atom stereocenters. The Morgan fingerprint density at radius 3 is 1.90 bits per heavy atom. The molecule has 22 heteroatoms. The van der Waals surface area contributed by atoms with Crippen LogP contribution in [0.5, 0.6) is 12.0 Å². The summed E-state index contributed by atoms with van der Waals surface area (Å²) < 4.78 is 69.7. The van der Waals surface area contributed by atoms with E-state index < -0.39 is 30.4 Å². The van der Waals surface area contributed by atoms with E-state index in [0.29, 0.717) is 89.1 Å². The normalized spacial score (nSPS) is 20.4. The van der Waals surface area contributed by atoms with Crippen molar-refractivity contribution in [2.24, 2.45) is 0 Å². The number of likely N-dealkylation sites (tertiary alicyclic amines) is 2. The Morgan fingerprint density at radius 2 is 1.30 bits per heavy atom. The lowest BCUT2D eigenvalue weighted by Gasteiger charge is -2.42. The summed E-state index contributed by atoms with van der Waals surface area (Å²) in [4.78, 5) is 66.3. The van der Waals surface area contributed by atoms with Crippen LogP contribution in [-0.4, -0.2) is 171 Å². The fraction of sp³-hybridized carbons (Fsp3) is 0.354. The van der Waals surface area contributed by atoms with Crippen molar-refractivity contribution in [3.8, 4) is 46.6 Å². The van der Waals surface area contributed by atoms with Gasteiger partial charge in [-0.05, 0) is 104 Å². The molecule has 0 aliphatic carbocycles. The molecule has 0 spiro atoms. The van der Waals surface area contributed by atoms with Gasteiger partial charge in [-0.15, -0.1) is 12.3 Å². The van der Waals surface area contributed by atoms with Crippen molar-refractivity contribution >= 4 is 90.3 Å². The first-order valence-corrected chi connectivity index (χ1v) is 29.7. The largest absolute Gasteiger partial charge is 0.462 e. The van der Waals surface area contributed by atoms with Crippen LogP contribution < -0.4 is 19.3 Å². The summed E-state index contributed by atoms with van der Waals surface area (Å²) in [5.74, 6) is 0.825. The summed E-state index contributed by atoms with van der Waals surface area (Å²) in [5, 5.41) is 4.61. The average Bonchev–Trinajstić information content (AvgIpc) is 2.35. The van der Waals surface area contributed by atoms with Gasteiger partial charge in [0.2, 0.25) is 5.91 Å². The second kappa shape index (κ2) is 24.5. The van der Waals surface area contributed by atoms with Gasteiger partial charge in [0.1, 0.15) is 24.2 Å². The van der Waals surface area contributed by atoms with Gasteiger partial charge in [0, 0.05) is 109 Å². The van der Waals surface area contributed by atoms with Gasteiger partial charge in [-0.25, -0.2) is 4.39 Å². The number of hydrogen-bond donors (Lipinski definition) is 0. The molecule has 87 heavy (non-hydrogen) atoms. The topological polar surface area (TPSA) is 149 Å². The lowest BCUT2D eigenvalue weighted by atomic mass is 9.89. The summed E-state index contributed by atoms with van der Waals surface area (Å²) in [6.45, 7) is 9.74. The molecule has 2 amide bonds. The highest BCUT2D eigenvalue weighted by Crippen LogP contribution is 2.42. The predicted octanol–water partition coefficient (Wildman–Crippen LogP) is 11.3. The number of carbonyl (C=O) groups is 2. The zero-order valence-electron chi connectivity index (χ0n) is 48.0. The minimum absolute atomic E-state index is 0.0115. The first-order valence-electron chi connectivity index (χ1n) is 28.9. The highest BCUT2D eigenvalue weighted by atomic mass is 35.5. The average molecular weight is 1220 g/mol. The summed E-state index contributed by atoms with van der Waals surface area (Å²) in [6, 6.07) is 24.0. The second-order valence-corrected chi connectivity index (χ2v) is 23.7. The van der Waals surface area contributed by atoms with Crippen LogP contribution >= 0.6 is 23.2 Å². The van der Waals surface area contributed by atoms with E-state index in [1.807, 2.05) is 80.0 Å². The highest BCUT2D eigenvalue weighted by molar-refractivity contribution is 6.37. The van der Waals surface area contributed by atoms with E-state index >= 15 is 0 Å².